The number of hydrogen-bond donors (Lipinski definition) is 2. The van der Waals surface area contributed by atoms with Gasteiger partial charge in [0.15, 0.2) is 0 Å². The van der Waals surface area contributed by atoms with Gasteiger partial charge in [0.2, 0.25) is 0 Å². The average molecular weight is 473 g/mol. The number of phenolic OH excluding ortho intramolecular Hbond substituents is 1. The van der Waals surface area contributed by atoms with E-state index in [1.165, 1.54) is 26.5 Å². The second-order valence-electron chi connectivity index (χ2n) is 7.79. The van der Waals surface area contributed by atoms with E-state index in [-0.39, 0.29) is 18.2 Å². The van der Waals surface area contributed by atoms with Gasteiger partial charge in [0, 0.05) is 50.4 Å². The largest absolute Gasteiger partial charge is 0.507 e. The maximum atomic E-state index is 12.3. The molecule has 2 aromatic carbocycles. The number of piperazine rings is 1. The maximum Gasteiger partial charge on any atom is 0.254 e. The molecular weight excluding hydrogens is 440 g/mol. The summed E-state index contributed by atoms with van der Waals surface area (Å²) in [6.45, 7) is 4.16. The normalized spacial score (nSPS) is 14.7. The Hall–Kier alpha value is -3.50. The molecule has 0 radical (unpaired) electrons. The summed E-state index contributed by atoms with van der Waals surface area (Å²) >= 11 is 0. The number of methoxy groups -OCH3 is 4. The molecule has 0 saturated carbocycles. The van der Waals surface area contributed by atoms with E-state index in [0.29, 0.717) is 17.1 Å². The second kappa shape index (κ2) is 12.1. The molecule has 1 fully saturated rings. The van der Waals surface area contributed by atoms with Crippen LogP contribution in [0.3, 0.4) is 0 Å². The van der Waals surface area contributed by atoms with E-state index >= 15 is 0 Å². The molecule has 0 atom stereocenters. The summed E-state index contributed by atoms with van der Waals surface area (Å²) in [7, 11) is 6.29. The summed E-state index contributed by atoms with van der Waals surface area (Å²) in [5.41, 5.74) is 3.93. The minimum Gasteiger partial charge on any atom is -0.507 e. The van der Waals surface area contributed by atoms with Crippen molar-refractivity contribution in [1.82, 2.24) is 15.2 Å². The van der Waals surface area contributed by atoms with Gasteiger partial charge in [0.05, 0.1) is 46.8 Å². The first-order valence-corrected chi connectivity index (χ1v) is 10.9. The third kappa shape index (κ3) is 6.52. The standard InChI is InChI=1S/C24H32N4O6/c1-31-18-5-6-22(33-3)17(11-18)15-27-7-9-28(10-8-27)16-24(30)26-25-14-20-21(29)12-19(32-2)13-23(20)34-4/h5-6,11-14,29H,7-10,15-16H2,1-4H3,(H,26,30). The predicted octanol–water partition coefficient (Wildman–Crippen LogP) is 1.69. The Morgan fingerprint density at radius 2 is 1.62 bits per heavy atom. The smallest absolute Gasteiger partial charge is 0.254 e. The molecule has 1 saturated heterocycles. The van der Waals surface area contributed by atoms with Crippen molar-refractivity contribution in [2.24, 2.45) is 5.10 Å². The second-order valence-corrected chi connectivity index (χ2v) is 7.79. The fourth-order valence-electron chi connectivity index (χ4n) is 3.76. The van der Waals surface area contributed by atoms with E-state index in [4.69, 9.17) is 18.9 Å². The highest BCUT2D eigenvalue weighted by atomic mass is 16.5. The number of aromatic hydroxyl groups is 1. The van der Waals surface area contributed by atoms with Gasteiger partial charge in [-0.15, -0.1) is 0 Å². The maximum absolute atomic E-state index is 12.3. The molecule has 1 heterocycles. The molecule has 0 unspecified atom stereocenters. The number of carbonyl (C=O) groups is 1. The van der Waals surface area contributed by atoms with Gasteiger partial charge in [0.1, 0.15) is 28.7 Å². The summed E-state index contributed by atoms with van der Waals surface area (Å²) in [6, 6.07) is 8.87. The number of amides is 1. The SMILES string of the molecule is COc1ccc(OC)c(CN2CCN(CC(=O)NN=Cc3c(O)cc(OC)cc3OC)CC2)c1. The summed E-state index contributed by atoms with van der Waals surface area (Å²) in [5, 5.41) is 14.1. The number of ether oxygens (including phenoxy) is 4. The van der Waals surface area contributed by atoms with Gasteiger partial charge in [-0.25, -0.2) is 5.43 Å². The van der Waals surface area contributed by atoms with Crippen molar-refractivity contribution in [2.75, 3.05) is 61.2 Å². The van der Waals surface area contributed by atoms with Gasteiger partial charge in [-0.3, -0.25) is 14.6 Å². The molecule has 0 bridgehead atoms. The number of hydrazone groups is 1. The summed E-state index contributed by atoms with van der Waals surface area (Å²) in [5.74, 6) is 2.19. The van der Waals surface area contributed by atoms with Crippen molar-refractivity contribution in [2.45, 2.75) is 6.54 Å². The summed E-state index contributed by atoms with van der Waals surface area (Å²) in [6.07, 6.45) is 1.35. The average Bonchev–Trinajstić information content (AvgIpc) is 2.85. The van der Waals surface area contributed by atoms with Crippen LogP contribution in [0.5, 0.6) is 28.7 Å². The van der Waals surface area contributed by atoms with Crippen LogP contribution in [-0.2, 0) is 11.3 Å². The van der Waals surface area contributed by atoms with Crippen LogP contribution < -0.4 is 24.4 Å². The van der Waals surface area contributed by atoms with Crippen LogP contribution in [0.15, 0.2) is 35.4 Å². The zero-order valence-corrected chi connectivity index (χ0v) is 20.0. The molecule has 2 aromatic rings. The van der Waals surface area contributed by atoms with Crippen molar-refractivity contribution in [3.05, 3.63) is 41.5 Å². The van der Waals surface area contributed by atoms with Crippen molar-refractivity contribution >= 4 is 12.1 Å². The van der Waals surface area contributed by atoms with Gasteiger partial charge >= 0.3 is 0 Å². The lowest BCUT2D eigenvalue weighted by Gasteiger charge is -2.34. The van der Waals surface area contributed by atoms with Crippen LogP contribution in [-0.4, -0.2) is 88.2 Å². The topological polar surface area (TPSA) is 105 Å². The molecule has 3 rings (SSSR count). The van der Waals surface area contributed by atoms with E-state index in [0.717, 1.165) is 49.8 Å². The Morgan fingerprint density at radius 1 is 0.941 bits per heavy atom. The lowest BCUT2D eigenvalue weighted by atomic mass is 10.1. The number of carbonyl (C=O) groups excluding carboxylic acids is 1. The highest BCUT2D eigenvalue weighted by Gasteiger charge is 2.20. The molecule has 1 aliphatic rings. The number of rotatable bonds is 10. The van der Waals surface area contributed by atoms with Crippen LogP contribution >= 0.6 is 0 Å². The third-order valence-electron chi connectivity index (χ3n) is 5.65. The molecule has 0 aliphatic carbocycles. The number of phenols is 1. The van der Waals surface area contributed by atoms with Crippen LogP contribution in [0.4, 0.5) is 0 Å². The number of nitrogens with zero attached hydrogens (tertiary/aromatic N) is 3. The van der Waals surface area contributed by atoms with Crippen molar-refractivity contribution in [3.63, 3.8) is 0 Å². The summed E-state index contributed by atoms with van der Waals surface area (Å²) < 4.78 is 21.2. The molecular formula is C24H32N4O6. The van der Waals surface area contributed by atoms with Gasteiger partial charge in [-0.05, 0) is 18.2 Å². The first kappa shape index (κ1) is 25.1. The minimum atomic E-state index is -0.230. The number of hydrogen-bond acceptors (Lipinski definition) is 9. The molecule has 2 N–H and O–H groups in total. The van der Waals surface area contributed by atoms with E-state index in [9.17, 15) is 9.90 Å². The lowest BCUT2D eigenvalue weighted by Crippen LogP contribution is -2.48. The molecule has 10 heteroatoms. The van der Waals surface area contributed by atoms with Gasteiger partial charge in [0.25, 0.3) is 5.91 Å². The molecule has 184 valence electrons. The zero-order chi connectivity index (χ0) is 24.5. The third-order valence-corrected chi connectivity index (χ3v) is 5.65. The highest BCUT2D eigenvalue weighted by Crippen LogP contribution is 2.31. The molecule has 0 spiro atoms. The number of nitrogens with one attached hydrogen (secondary N) is 1. The predicted molar refractivity (Wildman–Crippen MR) is 128 cm³/mol. The fourth-order valence-corrected chi connectivity index (χ4v) is 3.76. The van der Waals surface area contributed by atoms with Crippen LogP contribution in [0.1, 0.15) is 11.1 Å². The van der Waals surface area contributed by atoms with E-state index in [1.807, 2.05) is 18.2 Å². The Balaban J connectivity index is 1.48. The van der Waals surface area contributed by atoms with E-state index in [1.54, 1.807) is 20.3 Å². The molecule has 1 amide bonds. The van der Waals surface area contributed by atoms with Crippen LogP contribution in [0.2, 0.25) is 0 Å². The first-order chi connectivity index (χ1) is 16.5. The Bertz CT molecular complexity index is 1010. The molecule has 0 aromatic heterocycles. The quantitative estimate of drug-likeness (QED) is 0.398. The Morgan fingerprint density at radius 3 is 2.26 bits per heavy atom. The van der Waals surface area contributed by atoms with Crippen molar-refractivity contribution in [3.8, 4) is 28.7 Å². The molecule has 34 heavy (non-hydrogen) atoms. The van der Waals surface area contributed by atoms with E-state index < -0.39 is 0 Å². The van der Waals surface area contributed by atoms with Crippen molar-refractivity contribution < 1.29 is 28.8 Å². The van der Waals surface area contributed by atoms with Crippen LogP contribution in [0.25, 0.3) is 0 Å². The molecule has 10 nitrogen and oxygen atoms in total. The van der Waals surface area contributed by atoms with Gasteiger partial charge in [-0.2, -0.15) is 5.10 Å². The molecule has 1 aliphatic heterocycles. The Kier molecular flexibility index (Phi) is 8.94. The van der Waals surface area contributed by atoms with E-state index in [2.05, 4.69) is 20.3 Å². The summed E-state index contributed by atoms with van der Waals surface area (Å²) in [4.78, 5) is 16.7. The van der Waals surface area contributed by atoms with Crippen LogP contribution in [0, 0.1) is 0 Å². The lowest BCUT2D eigenvalue weighted by molar-refractivity contribution is -0.122. The number of benzene rings is 2. The van der Waals surface area contributed by atoms with Gasteiger partial charge < -0.3 is 24.1 Å². The zero-order valence-electron chi connectivity index (χ0n) is 20.0. The van der Waals surface area contributed by atoms with Gasteiger partial charge in [-0.1, -0.05) is 0 Å². The first-order valence-electron chi connectivity index (χ1n) is 10.9. The monoisotopic (exact) mass is 472 g/mol. The van der Waals surface area contributed by atoms with Crippen molar-refractivity contribution in [1.29, 1.82) is 0 Å². The minimum absolute atomic E-state index is 0.0574. The highest BCUT2D eigenvalue weighted by molar-refractivity contribution is 5.89. The Labute approximate surface area is 199 Å². The fraction of sp³-hybridized carbons (Fsp3) is 0.417.